The lowest BCUT2D eigenvalue weighted by molar-refractivity contribution is -0.121. The molecule has 1 aromatic heterocycles. The average Bonchev–Trinajstić information content (AvgIpc) is 3.22. The summed E-state index contributed by atoms with van der Waals surface area (Å²) in [6, 6.07) is 16.9. The molecule has 1 amide bonds. The zero-order valence-corrected chi connectivity index (χ0v) is 16.7. The lowest BCUT2D eigenvalue weighted by Crippen LogP contribution is -2.45. The Morgan fingerprint density at radius 3 is 2.73 bits per heavy atom. The SMILES string of the molecule is Cc1[nH]nc2c1[C@@]1(C(=O)N(Cc3ccc(Cl)cc3)c3ccccc31)C(C#N)=C(N)O2. The molecule has 2 aliphatic rings. The van der Waals surface area contributed by atoms with Crippen molar-refractivity contribution in [1.29, 1.82) is 5.26 Å². The fourth-order valence-corrected chi connectivity index (χ4v) is 4.52. The van der Waals surface area contributed by atoms with Crippen molar-refractivity contribution < 1.29 is 9.53 Å². The third-order valence-electron chi connectivity index (χ3n) is 5.65. The molecule has 30 heavy (non-hydrogen) atoms. The Kier molecular flexibility index (Phi) is 3.88. The fourth-order valence-electron chi connectivity index (χ4n) is 4.39. The van der Waals surface area contributed by atoms with E-state index in [1.807, 2.05) is 36.4 Å². The number of rotatable bonds is 2. The Morgan fingerprint density at radius 2 is 2.00 bits per heavy atom. The highest BCUT2D eigenvalue weighted by Crippen LogP contribution is 2.55. The van der Waals surface area contributed by atoms with E-state index in [1.54, 1.807) is 24.0 Å². The summed E-state index contributed by atoms with van der Waals surface area (Å²) in [4.78, 5) is 15.8. The summed E-state index contributed by atoms with van der Waals surface area (Å²) >= 11 is 6.01. The van der Waals surface area contributed by atoms with Gasteiger partial charge in [-0.05, 0) is 30.7 Å². The van der Waals surface area contributed by atoms with Crippen molar-refractivity contribution in [3.8, 4) is 11.9 Å². The molecule has 1 spiro atoms. The molecular weight excluding hydrogens is 402 g/mol. The number of amides is 1. The highest BCUT2D eigenvalue weighted by molar-refractivity contribution is 6.30. The minimum Gasteiger partial charge on any atom is -0.420 e. The number of hydrogen-bond acceptors (Lipinski definition) is 5. The van der Waals surface area contributed by atoms with Gasteiger partial charge in [0.25, 0.3) is 0 Å². The van der Waals surface area contributed by atoms with Crippen LogP contribution in [0, 0.1) is 18.3 Å². The number of anilines is 1. The lowest BCUT2D eigenvalue weighted by atomic mass is 9.69. The highest BCUT2D eigenvalue weighted by Gasteiger charge is 2.60. The molecule has 8 heteroatoms. The van der Waals surface area contributed by atoms with Crippen molar-refractivity contribution >= 4 is 23.2 Å². The van der Waals surface area contributed by atoms with E-state index in [2.05, 4.69) is 16.3 Å². The maximum absolute atomic E-state index is 14.1. The molecule has 0 radical (unpaired) electrons. The van der Waals surface area contributed by atoms with Crippen LogP contribution in [0.2, 0.25) is 5.02 Å². The molecule has 3 heterocycles. The van der Waals surface area contributed by atoms with Gasteiger partial charge < -0.3 is 15.4 Å². The van der Waals surface area contributed by atoms with E-state index in [0.29, 0.717) is 34.1 Å². The molecule has 0 aliphatic carbocycles. The molecule has 2 aliphatic heterocycles. The molecule has 0 unspecified atom stereocenters. The standard InChI is InChI=1S/C22H16ClN5O2/c1-12-18-20(27-26-12)30-19(25)16(10-24)22(18)15-4-2-3-5-17(15)28(21(22)29)11-13-6-8-14(23)9-7-13/h2-9H,11,25H2,1H3,(H,26,27)/t22-/m0/s1. The Balaban J connectivity index is 1.77. The monoisotopic (exact) mass is 417 g/mol. The van der Waals surface area contributed by atoms with E-state index < -0.39 is 5.41 Å². The first kappa shape index (κ1) is 18.3. The number of fused-ring (bicyclic) bond motifs is 4. The Labute approximate surface area is 177 Å². The number of H-pyrrole nitrogens is 1. The normalized spacial score (nSPS) is 19.5. The molecule has 0 saturated carbocycles. The average molecular weight is 418 g/mol. The molecule has 0 saturated heterocycles. The number of hydrogen-bond donors (Lipinski definition) is 2. The number of para-hydroxylation sites is 1. The molecule has 148 valence electrons. The lowest BCUT2D eigenvalue weighted by Gasteiger charge is -2.32. The van der Waals surface area contributed by atoms with Gasteiger partial charge in [0.1, 0.15) is 17.1 Å². The molecular formula is C22H16ClN5O2. The minimum absolute atomic E-state index is 0.0653. The van der Waals surface area contributed by atoms with E-state index in [1.165, 1.54) is 0 Å². The van der Waals surface area contributed by atoms with Gasteiger partial charge in [0, 0.05) is 22.0 Å². The van der Waals surface area contributed by atoms with Gasteiger partial charge in [-0.15, -0.1) is 5.10 Å². The van der Waals surface area contributed by atoms with Crippen LogP contribution in [0.15, 0.2) is 60.0 Å². The summed E-state index contributed by atoms with van der Waals surface area (Å²) in [6.07, 6.45) is 0. The van der Waals surface area contributed by atoms with Gasteiger partial charge in [0.15, 0.2) is 0 Å². The summed E-state index contributed by atoms with van der Waals surface area (Å²) < 4.78 is 5.58. The number of aromatic nitrogens is 2. The number of nitrogens with two attached hydrogens (primary N) is 1. The van der Waals surface area contributed by atoms with E-state index in [0.717, 1.165) is 5.56 Å². The number of ether oxygens (including phenoxy) is 1. The first-order valence-electron chi connectivity index (χ1n) is 9.28. The van der Waals surface area contributed by atoms with Crippen LogP contribution in [0.3, 0.4) is 0 Å². The molecule has 3 N–H and O–H groups in total. The van der Waals surface area contributed by atoms with E-state index in [-0.39, 0.29) is 23.2 Å². The van der Waals surface area contributed by atoms with Crippen LogP contribution in [0.4, 0.5) is 5.69 Å². The minimum atomic E-state index is -1.41. The first-order valence-corrected chi connectivity index (χ1v) is 9.65. The van der Waals surface area contributed by atoms with Crippen LogP contribution in [-0.4, -0.2) is 16.1 Å². The van der Waals surface area contributed by atoms with Gasteiger partial charge in [-0.2, -0.15) is 5.26 Å². The smallest absolute Gasteiger partial charge is 0.248 e. The zero-order chi connectivity index (χ0) is 21.0. The quantitative estimate of drug-likeness (QED) is 0.665. The second-order valence-electron chi connectivity index (χ2n) is 7.27. The van der Waals surface area contributed by atoms with Crippen LogP contribution in [0.25, 0.3) is 0 Å². The summed E-state index contributed by atoms with van der Waals surface area (Å²) in [5, 5.41) is 17.7. The molecule has 2 aromatic carbocycles. The van der Waals surface area contributed by atoms with Gasteiger partial charge in [-0.25, -0.2) is 0 Å². The number of aryl methyl sites for hydroxylation is 1. The Hall–Kier alpha value is -3.76. The fraction of sp³-hybridized carbons (Fsp3) is 0.136. The van der Waals surface area contributed by atoms with Gasteiger partial charge in [-0.1, -0.05) is 41.9 Å². The molecule has 0 fully saturated rings. The van der Waals surface area contributed by atoms with Crippen molar-refractivity contribution in [3.63, 3.8) is 0 Å². The van der Waals surface area contributed by atoms with Crippen LogP contribution >= 0.6 is 11.6 Å². The topological polar surface area (TPSA) is 108 Å². The number of carbonyl (C=O) groups is 1. The van der Waals surface area contributed by atoms with E-state index in [9.17, 15) is 10.1 Å². The maximum atomic E-state index is 14.1. The van der Waals surface area contributed by atoms with Gasteiger partial charge in [-0.3, -0.25) is 9.89 Å². The van der Waals surface area contributed by atoms with Gasteiger partial charge in [0.05, 0.1) is 12.1 Å². The highest BCUT2D eigenvalue weighted by atomic mass is 35.5. The van der Waals surface area contributed by atoms with Crippen LogP contribution in [0.5, 0.6) is 5.88 Å². The summed E-state index contributed by atoms with van der Waals surface area (Å²) in [7, 11) is 0. The predicted octanol–water partition coefficient (Wildman–Crippen LogP) is 3.29. The van der Waals surface area contributed by atoms with E-state index >= 15 is 0 Å². The summed E-state index contributed by atoms with van der Waals surface area (Å²) in [6.45, 7) is 2.12. The summed E-state index contributed by atoms with van der Waals surface area (Å²) in [5.74, 6) is -0.180. The van der Waals surface area contributed by atoms with Gasteiger partial charge >= 0.3 is 0 Å². The second kappa shape index (κ2) is 6.37. The van der Waals surface area contributed by atoms with E-state index in [4.69, 9.17) is 22.1 Å². The largest absolute Gasteiger partial charge is 0.420 e. The number of nitrogens with zero attached hydrogens (tertiary/aromatic N) is 3. The third kappa shape index (κ3) is 2.25. The first-order chi connectivity index (χ1) is 14.5. The molecule has 1 atom stereocenters. The predicted molar refractivity (Wildman–Crippen MR) is 111 cm³/mol. The number of nitriles is 1. The van der Waals surface area contributed by atoms with Crippen LogP contribution in [0.1, 0.15) is 22.4 Å². The van der Waals surface area contributed by atoms with Crippen molar-refractivity contribution in [2.24, 2.45) is 5.73 Å². The summed E-state index contributed by atoms with van der Waals surface area (Å²) in [5.41, 5.74) is 8.21. The Morgan fingerprint density at radius 1 is 1.27 bits per heavy atom. The third-order valence-corrected chi connectivity index (χ3v) is 5.90. The van der Waals surface area contributed by atoms with Crippen molar-refractivity contribution in [2.75, 3.05) is 4.90 Å². The van der Waals surface area contributed by atoms with Crippen LogP contribution in [-0.2, 0) is 16.8 Å². The Bertz CT molecular complexity index is 1270. The van der Waals surface area contributed by atoms with Crippen molar-refractivity contribution in [1.82, 2.24) is 10.2 Å². The van der Waals surface area contributed by atoms with Crippen molar-refractivity contribution in [2.45, 2.75) is 18.9 Å². The van der Waals surface area contributed by atoms with Gasteiger partial charge in [0.2, 0.25) is 17.7 Å². The van der Waals surface area contributed by atoms with Crippen LogP contribution < -0.4 is 15.4 Å². The number of benzene rings is 2. The van der Waals surface area contributed by atoms with Crippen molar-refractivity contribution in [3.05, 3.63) is 87.4 Å². The number of aromatic amines is 1. The molecule has 3 aromatic rings. The maximum Gasteiger partial charge on any atom is 0.248 e. The number of carbonyl (C=O) groups excluding carboxylic acids is 1. The number of halogens is 1. The molecule has 7 nitrogen and oxygen atoms in total. The molecule has 0 bridgehead atoms. The molecule has 5 rings (SSSR count). The zero-order valence-electron chi connectivity index (χ0n) is 15.9. The number of nitrogens with one attached hydrogen (secondary N) is 1. The second-order valence-corrected chi connectivity index (χ2v) is 7.70.